The van der Waals surface area contributed by atoms with Gasteiger partial charge in [0, 0.05) is 43.7 Å². The summed E-state index contributed by atoms with van der Waals surface area (Å²) in [5.41, 5.74) is 0.772. The third-order valence-corrected chi connectivity index (χ3v) is 8.74. The van der Waals surface area contributed by atoms with E-state index in [2.05, 4.69) is 5.32 Å². The van der Waals surface area contributed by atoms with E-state index in [1.165, 1.54) is 7.11 Å². The number of amides is 2. The van der Waals surface area contributed by atoms with Gasteiger partial charge >= 0.3 is 0 Å². The SMILES string of the molecule is COc1cc(C=O)cc(I)c1OC1C=C(C(=O)NCCO)CC(N(CC2CCCO2)C(=O)CC2CCCC2)C1O. The van der Waals surface area contributed by atoms with Gasteiger partial charge in [-0.3, -0.25) is 14.4 Å². The minimum absolute atomic E-state index is 0.0512. The van der Waals surface area contributed by atoms with Crippen LogP contribution in [0.2, 0.25) is 0 Å². The van der Waals surface area contributed by atoms with Gasteiger partial charge in [0.1, 0.15) is 18.5 Å². The maximum Gasteiger partial charge on any atom is 0.247 e. The number of carbonyl (C=O) groups is 3. The molecule has 4 atom stereocenters. The van der Waals surface area contributed by atoms with Crippen molar-refractivity contribution in [1.82, 2.24) is 10.2 Å². The van der Waals surface area contributed by atoms with Gasteiger partial charge in [-0.05, 0) is 72.4 Å². The third kappa shape index (κ3) is 7.54. The number of halogens is 1. The van der Waals surface area contributed by atoms with Crippen LogP contribution in [0.15, 0.2) is 23.8 Å². The Bertz CT molecular complexity index is 1080. The Morgan fingerprint density at radius 1 is 1.23 bits per heavy atom. The van der Waals surface area contributed by atoms with Crippen molar-refractivity contribution in [1.29, 1.82) is 0 Å². The van der Waals surface area contributed by atoms with Crippen molar-refractivity contribution >= 4 is 40.7 Å². The molecule has 40 heavy (non-hydrogen) atoms. The first-order chi connectivity index (χ1) is 19.3. The Morgan fingerprint density at radius 2 is 2.00 bits per heavy atom. The van der Waals surface area contributed by atoms with E-state index in [1.54, 1.807) is 23.1 Å². The van der Waals surface area contributed by atoms with Crippen molar-refractivity contribution in [2.75, 3.05) is 33.4 Å². The van der Waals surface area contributed by atoms with Gasteiger partial charge in [0.25, 0.3) is 0 Å². The number of aliphatic hydroxyl groups is 2. The molecule has 2 aliphatic carbocycles. The van der Waals surface area contributed by atoms with E-state index in [4.69, 9.17) is 14.2 Å². The van der Waals surface area contributed by atoms with Crippen molar-refractivity contribution in [2.45, 2.75) is 75.7 Å². The van der Waals surface area contributed by atoms with Gasteiger partial charge in [0.2, 0.25) is 11.8 Å². The molecular weight excluding hydrogens is 631 g/mol. The van der Waals surface area contributed by atoms with E-state index in [1.807, 2.05) is 22.6 Å². The molecule has 0 bridgehead atoms. The normalized spacial score (nSPS) is 24.9. The molecule has 1 aliphatic heterocycles. The predicted octanol–water partition coefficient (Wildman–Crippen LogP) is 2.62. The molecule has 0 aromatic heterocycles. The Balaban J connectivity index is 1.67. The number of hydrogen-bond acceptors (Lipinski definition) is 8. The van der Waals surface area contributed by atoms with Crippen LogP contribution in [0, 0.1) is 9.49 Å². The molecule has 1 aromatic carbocycles. The molecule has 220 valence electrons. The van der Waals surface area contributed by atoms with Gasteiger partial charge < -0.3 is 34.6 Å². The van der Waals surface area contributed by atoms with Crippen molar-refractivity contribution in [3.8, 4) is 11.5 Å². The molecule has 3 N–H and O–H groups in total. The number of benzene rings is 1. The highest BCUT2D eigenvalue weighted by Crippen LogP contribution is 2.37. The summed E-state index contributed by atoms with van der Waals surface area (Å²) in [4.78, 5) is 39.9. The second kappa shape index (κ2) is 14.6. The van der Waals surface area contributed by atoms with Crippen LogP contribution >= 0.6 is 22.6 Å². The molecule has 4 unspecified atom stereocenters. The lowest BCUT2D eigenvalue weighted by Gasteiger charge is -2.41. The molecule has 1 saturated carbocycles. The standard InChI is InChI=1S/C29H39IN2O8/c1-38-25-12-19(17-34)11-22(30)28(25)40-24-15-20(29(37)31-8-9-33)14-23(27(24)36)32(16-21-7-4-10-39-21)26(35)13-18-5-2-3-6-18/h11-12,15,17-18,21,23-24,27,33,36H,2-10,13-14,16H2,1H3,(H,31,37). The van der Waals surface area contributed by atoms with E-state index in [9.17, 15) is 24.6 Å². The molecule has 3 aliphatic rings. The Kier molecular flexibility index (Phi) is 11.2. The Morgan fingerprint density at radius 3 is 2.65 bits per heavy atom. The molecule has 10 nitrogen and oxygen atoms in total. The van der Waals surface area contributed by atoms with E-state index < -0.39 is 24.2 Å². The van der Waals surface area contributed by atoms with E-state index in [0.717, 1.165) is 38.5 Å². The number of carbonyl (C=O) groups excluding carboxylic acids is 3. The third-order valence-electron chi connectivity index (χ3n) is 7.94. The average molecular weight is 671 g/mol. The van der Waals surface area contributed by atoms with Gasteiger partial charge in [-0.15, -0.1) is 0 Å². The van der Waals surface area contributed by atoms with Gasteiger partial charge in [0.15, 0.2) is 11.5 Å². The second-order valence-corrected chi connectivity index (χ2v) is 11.9. The fourth-order valence-electron chi connectivity index (χ4n) is 5.85. The fourth-order valence-corrected chi connectivity index (χ4v) is 6.60. The first-order valence-corrected chi connectivity index (χ1v) is 15.1. The number of ether oxygens (including phenoxy) is 3. The van der Waals surface area contributed by atoms with E-state index >= 15 is 0 Å². The van der Waals surface area contributed by atoms with Crippen molar-refractivity contribution in [2.24, 2.45) is 5.92 Å². The number of aliphatic hydroxyl groups excluding tert-OH is 2. The quantitative estimate of drug-likeness (QED) is 0.229. The van der Waals surface area contributed by atoms with Crippen molar-refractivity contribution in [3.05, 3.63) is 32.9 Å². The highest BCUT2D eigenvalue weighted by molar-refractivity contribution is 14.1. The molecule has 1 heterocycles. The van der Waals surface area contributed by atoms with Crippen LogP contribution in [0.4, 0.5) is 0 Å². The van der Waals surface area contributed by atoms with Crippen molar-refractivity contribution < 1.29 is 38.8 Å². The number of nitrogens with zero attached hydrogens (tertiary/aromatic N) is 1. The summed E-state index contributed by atoms with van der Waals surface area (Å²) in [6.07, 6.45) is 6.57. The smallest absolute Gasteiger partial charge is 0.247 e. The summed E-state index contributed by atoms with van der Waals surface area (Å²) in [6, 6.07) is 2.47. The lowest BCUT2D eigenvalue weighted by atomic mass is 9.87. The Labute approximate surface area is 248 Å². The average Bonchev–Trinajstić information content (AvgIpc) is 3.67. The molecule has 1 saturated heterocycles. The topological polar surface area (TPSA) is 135 Å². The van der Waals surface area contributed by atoms with E-state index in [0.29, 0.717) is 58.0 Å². The molecule has 1 aromatic rings. The number of hydrogen-bond donors (Lipinski definition) is 3. The fraction of sp³-hybridized carbons (Fsp3) is 0.621. The zero-order valence-electron chi connectivity index (χ0n) is 22.9. The lowest BCUT2D eigenvalue weighted by Crippen LogP contribution is -2.56. The van der Waals surface area contributed by atoms with E-state index in [-0.39, 0.29) is 31.6 Å². The lowest BCUT2D eigenvalue weighted by molar-refractivity contribution is -0.141. The largest absolute Gasteiger partial charge is 0.493 e. The van der Waals surface area contributed by atoms with Crippen LogP contribution in [-0.2, 0) is 14.3 Å². The minimum Gasteiger partial charge on any atom is -0.493 e. The molecule has 11 heteroatoms. The summed E-state index contributed by atoms with van der Waals surface area (Å²) in [5, 5.41) is 23.6. The molecule has 2 fully saturated rings. The molecular formula is C29H39IN2O8. The highest BCUT2D eigenvalue weighted by Gasteiger charge is 2.42. The van der Waals surface area contributed by atoms with Crippen LogP contribution < -0.4 is 14.8 Å². The van der Waals surface area contributed by atoms with Crippen LogP contribution in [0.5, 0.6) is 11.5 Å². The van der Waals surface area contributed by atoms with Crippen LogP contribution in [-0.4, -0.2) is 91.0 Å². The zero-order chi connectivity index (χ0) is 28.6. The maximum absolute atomic E-state index is 13.8. The molecule has 2 amide bonds. The monoisotopic (exact) mass is 670 g/mol. The number of methoxy groups -OCH3 is 1. The number of nitrogens with one attached hydrogen (secondary N) is 1. The first-order valence-electron chi connectivity index (χ1n) is 14.0. The van der Waals surface area contributed by atoms with Crippen LogP contribution in [0.3, 0.4) is 0 Å². The predicted molar refractivity (Wildman–Crippen MR) is 155 cm³/mol. The number of rotatable bonds is 12. The summed E-state index contributed by atoms with van der Waals surface area (Å²) in [7, 11) is 1.46. The molecule has 4 rings (SSSR count). The summed E-state index contributed by atoms with van der Waals surface area (Å²) in [6.45, 7) is 0.834. The highest BCUT2D eigenvalue weighted by atomic mass is 127. The summed E-state index contributed by atoms with van der Waals surface area (Å²) < 4.78 is 18.2. The maximum atomic E-state index is 13.8. The van der Waals surface area contributed by atoms with Gasteiger partial charge in [0.05, 0.1) is 29.4 Å². The summed E-state index contributed by atoms with van der Waals surface area (Å²) >= 11 is 2.03. The second-order valence-electron chi connectivity index (χ2n) is 10.7. The Hall–Kier alpha value is -2.22. The van der Waals surface area contributed by atoms with Crippen LogP contribution in [0.25, 0.3) is 0 Å². The molecule has 0 radical (unpaired) electrons. The van der Waals surface area contributed by atoms with Crippen LogP contribution in [0.1, 0.15) is 61.7 Å². The molecule has 0 spiro atoms. The minimum atomic E-state index is -1.14. The first kappa shape index (κ1) is 30.7. The summed E-state index contributed by atoms with van der Waals surface area (Å²) in [5.74, 6) is 0.518. The number of aldehydes is 1. The van der Waals surface area contributed by atoms with Crippen molar-refractivity contribution in [3.63, 3.8) is 0 Å². The van der Waals surface area contributed by atoms with Gasteiger partial charge in [-0.25, -0.2) is 0 Å². The van der Waals surface area contributed by atoms with Gasteiger partial charge in [-0.1, -0.05) is 12.8 Å². The zero-order valence-corrected chi connectivity index (χ0v) is 25.0. The van der Waals surface area contributed by atoms with Gasteiger partial charge in [-0.2, -0.15) is 0 Å².